The predicted octanol–water partition coefficient (Wildman–Crippen LogP) is 0.304. The third-order valence-electron chi connectivity index (χ3n) is 4.77. The topological polar surface area (TPSA) is 113 Å². The summed E-state index contributed by atoms with van der Waals surface area (Å²) < 4.78 is 6.23. The van der Waals surface area contributed by atoms with Crippen molar-refractivity contribution in [1.82, 2.24) is 24.5 Å². The van der Waals surface area contributed by atoms with Gasteiger partial charge in [0.25, 0.3) is 17.2 Å². The third kappa shape index (κ3) is 2.88. The van der Waals surface area contributed by atoms with E-state index in [1.165, 1.54) is 17.4 Å². The molecule has 10 nitrogen and oxygen atoms in total. The molecule has 1 atom stereocenters. The van der Waals surface area contributed by atoms with E-state index in [0.29, 0.717) is 12.3 Å². The monoisotopic (exact) mass is 382 g/mol. The Hall–Kier alpha value is -3.69. The maximum atomic E-state index is 12.9. The molecule has 0 spiro atoms. The SMILES string of the molecule is COc1ccc(N2C[C@H](C)N(C(=O)c3cnc4nc[nH]n4c3=O)CC2=O)cc1. The Kier molecular flexibility index (Phi) is 4.30. The number of carbonyl (C=O) groups is 2. The molecule has 4 rings (SSSR count). The van der Waals surface area contributed by atoms with Gasteiger partial charge in [0.05, 0.1) is 7.11 Å². The Balaban J connectivity index is 1.58. The molecule has 2 aromatic heterocycles. The Morgan fingerprint density at radius 2 is 1.96 bits per heavy atom. The van der Waals surface area contributed by atoms with Gasteiger partial charge in [0.2, 0.25) is 5.91 Å². The second kappa shape index (κ2) is 6.80. The average Bonchev–Trinajstić information content (AvgIpc) is 3.19. The summed E-state index contributed by atoms with van der Waals surface area (Å²) in [5, 5.41) is 2.62. The molecule has 1 N–H and O–H groups in total. The number of anilines is 1. The summed E-state index contributed by atoms with van der Waals surface area (Å²) in [4.78, 5) is 49.0. The molecule has 3 heterocycles. The van der Waals surface area contributed by atoms with Crippen molar-refractivity contribution < 1.29 is 14.3 Å². The van der Waals surface area contributed by atoms with Crippen molar-refractivity contribution in [3.8, 4) is 5.75 Å². The number of amides is 2. The Morgan fingerprint density at radius 1 is 1.21 bits per heavy atom. The van der Waals surface area contributed by atoms with Gasteiger partial charge < -0.3 is 14.5 Å². The van der Waals surface area contributed by atoms with Crippen LogP contribution in [0.5, 0.6) is 5.75 Å². The Morgan fingerprint density at radius 3 is 2.68 bits per heavy atom. The first-order valence-corrected chi connectivity index (χ1v) is 8.66. The van der Waals surface area contributed by atoms with Gasteiger partial charge >= 0.3 is 0 Å². The lowest BCUT2D eigenvalue weighted by Gasteiger charge is -2.39. The molecule has 1 aromatic carbocycles. The molecular weight excluding hydrogens is 364 g/mol. The van der Waals surface area contributed by atoms with Crippen LogP contribution in [0, 0.1) is 0 Å². The summed E-state index contributed by atoms with van der Waals surface area (Å²) in [5.74, 6) is 0.110. The fourth-order valence-corrected chi connectivity index (χ4v) is 3.23. The molecule has 1 aliphatic rings. The molecule has 1 aliphatic heterocycles. The highest BCUT2D eigenvalue weighted by Gasteiger charge is 2.35. The van der Waals surface area contributed by atoms with Crippen LogP contribution in [0.25, 0.3) is 5.78 Å². The van der Waals surface area contributed by atoms with E-state index >= 15 is 0 Å². The molecule has 0 radical (unpaired) electrons. The van der Waals surface area contributed by atoms with Crippen LogP contribution in [0.15, 0.2) is 41.6 Å². The van der Waals surface area contributed by atoms with E-state index in [1.807, 2.05) is 6.92 Å². The number of fused-ring (bicyclic) bond motifs is 1. The number of hydrogen-bond donors (Lipinski definition) is 1. The zero-order chi connectivity index (χ0) is 19.8. The number of aromatic amines is 1. The van der Waals surface area contributed by atoms with Crippen LogP contribution in [-0.2, 0) is 4.79 Å². The van der Waals surface area contributed by atoms with Crippen molar-refractivity contribution in [2.24, 2.45) is 0 Å². The van der Waals surface area contributed by atoms with Gasteiger partial charge in [-0.3, -0.25) is 19.5 Å². The van der Waals surface area contributed by atoms with Crippen LogP contribution in [0.4, 0.5) is 5.69 Å². The van der Waals surface area contributed by atoms with Crippen molar-refractivity contribution >= 4 is 23.3 Å². The molecule has 0 unspecified atom stereocenters. The minimum atomic E-state index is -0.551. The van der Waals surface area contributed by atoms with Crippen LogP contribution in [-0.4, -0.2) is 62.5 Å². The van der Waals surface area contributed by atoms with Gasteiger partial charge in [-0.25, -0.2) is 9.97 Å². The van der Waals surface area contributed by atoms with Crippen LogP contribution < -0.4 is 15.2 Å². The highest BCUT2D eigenvalue weighted by Crippen LogP contribution is 2.23. The van der Waals surface area contributed by atoms with Crippen molar-refractivity contribution in [3.05, 3.63) is 52.7 Å². The molecule has 1 saturated heterocycles. The van der Waals surface area contributed by atoms with Gasteiger partial charge in [-0.15, -0.1) is 0 Å². The van der Waals surface area contributed by atoms with Gasteiger partial charge in [0, 0.05) is 24.5 Å². The zero-order valence-electron chi connectivity index (χ0n) is 15.3. The number of nitrogens with one attached hydrogen (secondary N) is 1. The molecule has 0 aliphatic carbocycles. The van der Waals surface area contributed by atoms with Crippen LogP contribution >= 0.6 is 0 Å². The first-order valence-electron chi connectivity index (χ1n) is 8.66. The number of carbonyl (C=O) groups excluding carboxylic acids is 2. The predicted molar refractivity (Wildman–Crippen MR) is 99.5 cm³/mol. The number of hydrogen-bond acceptors (Lipinski definition) is 6. The lowest BCUT2D eigenvalue weighted by molar-refractivity contribution is -0.121. The smallest absolute Gasteiger partial charge is 0.286 e. The van der Waals surface area contributed by atoms with Gasteiger partial charge in [-0.1, -0.05) is 0 Å². The van der Waals surface area contributed by atoms with E-state index in [1.54, 1.807) is 36.3 Å². The fourth-order valence-electron chi connectivity index (χ4n) is 3.23. The molecule has 0 bridgehead atoms. The standard InChI is InChI=1S/C18H18N6O4/c1-11-8-23(12-3-5-13(28-2)6-4-12)15(25)9-22(11)16(26)14-7-19-18-20-10-21-24(18)17(14)27/h3-7,10-11H,8-9H2,1-2H3,(H,19,20,21)/t11-/m0/s1. The van der Waals surface area contributed by atoms with Crippen molar-refractivity contribution in [1.29, 1.82) is 0 Å². The van der Waals surface area contributed by atoms with E-state index in [0.717, 1.165) is 10.2 Å². The van der Waals surface area contributed by atoms with Gasteiger partial charge in [0.1, 0.15) is 24.2 Å². The molecular formula is C18H18N6O4. The number of nitrogens with zero attached hydrogens (tertiary/aromatic N) is 5. The van der Waals surface area contributed by atoms with Gasteiger partial charge in [0.15, 0.2) is 0 Å². The number of rotatable bonds is 3. The van der Waals surface area contributed by atoms with E-state index in [9.17, 15) is 14.4 Å². The summed E-state index contributed by atoms with van der Waals surface area (Å²) in [5.41, 5.74) is 0.0643. The van der Waals surface area contributed by atoms with E-state index in [4.69, 9.17) is 4.74 Å². The van der Waals surface area contributed by atoms with Gasteiger partial charge in [-0.2, -0.15) is 4.52 Å². The quantitative estimate of drug-likeness (QED) is 0.697. The molecule has 28 heavy (non-hydrogen) atoms. The number of piperazine rings is 1. The first kappa shape index (κ1) is 17.7. The molecule has 1 fully saturated rings. The van der Waals surface area contributed by atoms with Crippen molar-refractivity contribution in [3.63, 3.8) is 0 Å². The minimum absolute atomic E-state index is 0.112. The summed E-state index contributed by atoms with van der Waals surface area (Å²) in [7, 11) is 1.57. The summed E-state index contributed by atoms with van der Waals surface area (Å²) in [6.45, 7) is 2.02. The number of aromatic nitrogens is 4. The summed E-state index contributed by atoms with van der Waals surface area (Å²) in [6.07, 6.45) is 2.52. The first-order chi connectivity index (χ1) is 13.5. The maximum Gasteiger partial charge on any atom is 0.286 e. The van der Waals surface area contributed by atoms with Gasteiger partial charge in [-0.05, 0) is 31.2 Å². The minimum Gasteiger partial charge on any atom is -0.497 e. The number of benzene rings is 1. The van der Waals surface area contributed by atoms with Crippen molar-refractivity contribution in [2.45, 2.75) is 13.0 Å². The summed E-state index contributed by atoms with van der Waals surface area (Å²) in [6, 6.07) is 6.86. The maximum absolute atomic E-state index is 12.9. The average molecular weight is 382 g/mol. The molecule has 3 aromatic rings. The molecule has 2 amide bonds. The highest BCUT2D eigenvalue weighted by atomic mass is 16.5. The highest BCUT2D eigenvalue weighted by molar-refractivity contribution is 6.01. The fraction of sp³-hybridized carbons (Fsp3) is 0.278. The molecule has 10 heteroatoms. The second-order valence-corrected chi connectivity index (χ2v) is 6.48. The largest absolute Gasteiger partial charge is 0.497 e. The molecule has 0 saturated carbocycles. The Bertz CT molecular complexity index is 1100. The van der Waals surface area contributed by atoms with E-state index in [-0.39, 0.29) is 29.8 Å². The lowest BCUT2D eigenvalue weighted by Crippen LogP contribution is -2.57. The van der Waals surface area contributed by atoms with Crippen LogP contribution in [0.3, 0.4) is 0 Å². The van der Waals surface area contributed by atoms with Crippen LogP contribution in [0.1, 0.15) is 17.3 Å². The van der Waals surface area contributed by atoms with Crippen molar-refractivity contribution in [2.75, 3.05) is 25.1 Å². The molecule has 144 valence electrons. The van der Waals surface area contributed by atoms with Crippen LogP contribution in [0.2, 0.25) is 0 Å². The second-order valence-electron chi connectivity index (χ2n) is 6.48. The number of H-pyrrole nitrogens is 1. The zero-order valence-corrected chi connectivity index (χ0v) is 15.3. The third-order valence-corrected chi connectivity index (χ3v) is 4.77. The number of ether oxygens (including phenoxy) is 1. The van der Waals surface area contributed by atoms with E-state index in [2.05, 4.69) is 15.1 Å². The Labute approximate surface area is 159 Å². The number of methoxy groups -OCH3 is 1. The summed E-state index contributed by atoms with van der Waals surface area (Å²) >= 11 is 0. The lowest BCUT2D eigenvalue weighted by atomic mass is 10.1. The van der Waals surface area contributed by atoms with E-state index < -0.39 is 11.5 Å². The normalized spacial score (nSPS) is 17.2.